The van der Waals surface area contributed by atoms with Gasteiger partial charge >= 0.3 is 0 Å². The molecule has 6 aromatic carbocycles. The molecule has 0 spiro atoms. The van der Waals surface area contributed by atoms with Gasteiger partial charge in [-0.05, 0) is 72.8 Å². The second-order valence-electron chi connectivity index (χ2n) is 8.92. The summed E-state index contributed by atoms with van der Waals surface area (Å²) < 4.78 is 0.137. The van der Waals surface area contributed by atoms with Crippen molar-refractivity contribution in [3.63, 3.8) is 0 Å². The highest BCUT2D eigenvalue weighted by Gasteiger charge is 1.96. The number of phenols is 2. The highest BCUT2D eigenvalue weighted by molar-refractivity contribution is 8.77. The minimum absolute atomic E-state index is 0.137. The molecule has 0 bridgehead atoms. The first kappa shape index (κ1) is 40.5. The van der Waals surface area contributed by atoms with Gasteiger partial charge < -0.3 is 10.2 Å². The molecule has 2 N–H and O–H groups in total. The summed E-state index contributed by atoms with van der Waals surface area (Å²) in [5, 5.41) is 17.3. The first-order chi connectivity index (χ1) is 23.0. The van der Waals surface area contributed by atoms with E-state index < -0.39 is 0 Å². The van der Waals surface area contributed by atoms with E-state index in [-0.39, 0.29) is 4.58 Å². The lowest BCUT2D eigenvalue weighted by atomic mass is 10.3. The van der Waals surface area contributed by atoms with Gasteiger partial charge in [0.05, 0.1) is 4.58 Å². The van der Waals surface area contributed by atoms with Crippen molar-refractivity contribution in [3.05, 3.63) is 182 Å². The van der Waals surface area contributed by atoms with Gasteiger partial charge in [0.2, 0.25) is 0 Å². The predicted molar refractivity (Wildman–Crippen MR) is 221 cm³/mol. The van der Waals surface area contributed by atoms with E-state index in [9.17, 15) is 0 Å². The van der Waals surface area contributed by atoms with E-state index in [1.165, 1.54) is 19.6 Å². The lowest BCUT2D eigenvalue weighted by Gasteiger charge is -1.99. The molecule has 244 valence electrons. The molecule has 0 unspecified atom stereocenters. The highest BCUT2D eigenvalue weighted by Crippen LogP contribution is 2.37. The quantitative estimate of drug-likeness (QED) is 0.0636. The third kappa shape index (κ3) is 22.6. The Bertz CT molecular complexity index is 1340. The summed E-state index contributed by atoms with van der Waals surface area (Å²) in [6.45, 7) is 0. The molecule has 0 aliphatic heterocycles. The number of hydrogen-bond donors (Lipinski definition) is 5. The molecule has 47 heavy (non-hydrogen) atoms. The third-order valence-electron chi connectivity index (χ3n) is 5.12. The average molecular weight is 751 g/mol. The SMILES string of the molecule is Oc1ccccc1.Oc1ccccc1.SCC(S)S.c1ccc(SSc2ccccc2)cc1.c1ccc(SSc2ccccc2)cc1. The minimum Gasteiger partial charge on any atom is -0.508 e. The lowest BCUT2D eigenvalue weighted by Crippen LogP contribution is -1.83. The summed E-state index contributed by atoms with van der Waals surface area (Å²) in [6, 6.07) is 59.1. The molecular weight excluding hydrogens is 713 g/mol. The van der Waals surface area contributed by atoms with Crippen molar-refractivity contribution >= 4 is 81.1 Å². The molecule has 9 heteroatoms. The van der Waals surface area contributed by atoms with Gasteiger partial charge in [0.15, 0.2) is 0 Å². The maximum absolute atomic E-state index is 8.63. The number of para-hydroxylation sites is 2. The van der Waals surface area contributed by atoms with Crippen molar-refractivity contribution in [2.24, 2.45) is 0 Å². The van der Waals surface area contributed by atoms with E-state index in [1.54, 1.807) is 91.7 Å². The number of phenolic OH excluding ortho intramolecular Hbond substituents is 2. The first-order valence-electron chi connectivity index (χ1n) is 14.3. The van der Waals surface area contributed by atoms with Crippen molar-refractivity contribution in [3.8, 4) is 11.5 Å². The van der Waals surface area contributed by atoms with Gasteiger partial charge in [-0.2, -0.15) is 37.9 Å². The molecule has 0 aromatic heterocycles. The molecule has 0 saturated carbocycles. The Labute approximate surface area is 312 Å². The largest absolute Gasteiger partial charge is 0.508 e. The second kappa shape index (κ2) is 27.3. The number of aromatic hydroxyl groups is 2. The van der Waals surface area contributed by atoms with Gasteiger partial charge in [-0.1, -0.05) is 152 Å². The van der Waals surface area contributed by atoms with Crippen molar-refractivity contribution in [2.45, 2.75) is 24.2 Å². The zero-order valence-electron chi connectivity index (χ0n) is 25.5. The number of rotatable bonds is 7. The monoisotopic (exact) mass is 750 g/mol. The second-order valence-corrected chi connectivity index (χ2v) is 15.5. The lowest BCUT2D eigenvalue weighted by molar-refractivity contribution is 0.475. The Morgan fingerprint density at radius 2 is 0.532 bits per heavy atom. The molecule has 0 aliphatic rings. The smallest absolute Gasteiger partial charge is 0.115 e. The van der Waals surface area contributed by atoms with Crippen LogP contribution in [0.25, 0.3) is 0 Å². The summed E-state index contributed by atoms with van der Waals surface area (Å²) in [5.41, 5.74) is 0. The maximum Gasteiger partial charge on any atom is 0.115 e. The molecule has 0 radical (unpaired) electrons. The number of hydrogen-bond acceptors (Lipinski definition) is 9. The van der Waals surface area contributed by atoms with Crippen molar-refractivity contribution in [1.29, 1.82) is 0 Å². The topological polar surface area (TPSA) is 40.5 Å². The van der Waals surface area contributed by atoms with E-state index in [4.69, 9.17) is 10.2 Å². The van der Waals surface area contributed by atoms with E-state index in [0.717, 1.165) is 5.75 Å². The van der Waals surface area contributed by atoms with Crippen LogP contribution in [0.15, 0.2) is 202 Å². The average Bonchev–Trinajstić information content (AvgIpc) is 3.13. The predicted octanol–water partition coefficient (Wildman–Crippen LogP) is 12.9. The van der Waals surface area contributed by atoms with Gasteiger partial charge in [0, 0.05) is 25.3 Å². The zero-order valence-corrected chi connectivity index (χ0v) is 31.4. The zero-order chi connectivity index (χ0) is 33.8. The van der Waals surface area contributed by atoms with E-state index in [1.807, 2.05) is 36.4 Å². The first-order valence-corrected chi connectivity index (χ1v) is 20.3. The van der Waals surface area contributed by atoms with Gasteiger partial charge in [0.1, 0.15) is 11.5 Å². The van der Waals surface area contributed by atoms with Crippen LogP contribution in [-0.4, -0.2) is 20.5 Å². The van der Waals surface area contributed by atoms with Crippen LogP contribution < -0.4 is 0 Å². The Morgan fingerprint density at radius 3 is 0.660 bits per heavy atom. The van der Waals surface area contributed by atoms with E-state index in [2.05, 4.69) is 135 Å². The van der Waals surface area contributed by atoms with Crippen LogP contribution in [0.2, 0.25) is 0 Å². The van der Waals surface area contributed by atoms with Crippen LogP contribution in [0.4, 0.5) is 0 Å². The van der Waals surface area contributed by atoms with Crippen LogP contribution in [0.5, 0.6) is 11.5 Å². The van der Waals surface area contributed by atoms with Crippen LogP contribution in [0, 0.1) is 0 Å². The fourth-order valence-corrected chi connectivity index (χ4v) is 6.90. The fraction of sp³-hybridized carbons (Fsp3) is 0.0526. The molecule has 0 fully saturated rings. The maximum atomic E-state index is 8.63. The molecule has 6 aromatic rings. The highest BCUT2D eigenvalue weighted by atomic mass is 33.1. The van der Waals surface area contributed by atoms with Gasteiger partial charge in [0.25, 0.3) is 0 Å². The Morgan fingerprint density at radius 1 is 0.362 bits per heavy atom. The fourth-order valence-electron chi connectivity index (χ4n) is 2.95. The van der Waals surface area contributed by atoms with Crippen molar-refractivity contribution in [1.82, 2.24) is 0 Å². The van der Waals surface area contributed by atoms with Gasteiger partial charge in [-0.15, -0.1) is 0 Å². The van der Waals surface area contributed by atoms with Crippen molar-refractivity contribution < 1.29 is 10.2 Å². The summed E-state index contributed by atoms with van der Waals surface area (Å²) in [7, 11) is 7.16. The molecule has 0 saturated heterocycles. The van der Waals surface area contributed by atoms with Crippen molar-refractivity contribution in [2.75, 3.05) is 5.75 Å². The summed E-state index contributed by atoms with van der Waals surface area (Å²) in [4.78, 5) is 5.17. The Hall–Kier alpha value is -2.63. The van der Waals surface area contributed by atoms with Crippen LogP contribution in [-0.2, 0) is 0 Å². The summed E-state index contributed by atoms with van der Waals surface area (Å²) >= 11 is 11.6. The summed E-state index contributed by atoms with van der Waals surface area (Å²) in [6.07, 6.45) is 0. The molecule has 6 rings (SSSR count). The van der Waals surface area contributed by atoms with Crippen LogP contribution in [0.3, 0.4) is 0 Å². The molecular formula is C38H38O2S7. The van der Waals surface area contributed by atoms with E-state index in [0.29, 0.717) is 11.5 Å². The van der Waals surface area contributed by atoms with Crippen LogP contribution >= 0.6 is 81.1 Å². The number of thiol groups is 3. The van der Waals surface area contributed by atoms with E-state index >= 15 is 0 Å². The Kier molecular flexibility index (Phi) is 23.6. The normalized spacial score (nSPS) is 9.53. The summed E-state index contributed by atoms with van der Waals surface area (Å²) in [5.74, 6) is 1.37. The number of benzene rings is 6. The van der Waals surface area contributed by atoms with Crippen LogP contribution in [0.1, 0.15) is 0 Å². The molecule has 0 amide bonds. The molecule has 0 atom stereocenters. The standard InChI is InChI=1S/2C12H10S2.2C6H6O.C2H6S3/c2*1-3-7-11(8-4-1)13-14-12-9-5-2-6-10-12;2*7-6-4-2-1-3-5-6;3-1-2(4)5/h2*1-10H;2*1-5,7H;2-5H,1H2. The third-order valence-corrected chi connectivity index (χ3v) is 11.3. The van der Waals surface area contributed by atoms with Gasteiger partial charge in [-0.3, -0.25) is 0 Å². The minimum atomic E-state index is 0.137. The molecule has 2 nitrogen and oxygen atoms in total. The van der Waals surface area contributed by atoms with Gasteiger partial charge in [-0.25, -0.2) is 0 Å². The Balaban J connectivity index is 0.000000217. The molecule has 0 aliphatic carbocycles. The molecule has 0 heterocycles.